The first-order valence-electron chi connectivity index (χ1n) is 5.86. The molecule has 4 heteroatoms. The molecule has 0 amide bonds. The molecule has 0 aromatic heterocycles. The molecule has 0 spiro atoms. The van der Waals surface area contributed by atoms with E-state index < -0.39 is 0 Å². The number of ether oxygens (including phenoxy) is 2. The van der Waals surface area contributed by atoms with E-state index >= 15 is 0 Å². The van der Waals surface area contributed by atoms with Crippen LogP contribution in [0, 0.1) is 13.8 Å². The van der Waals surface area contributed by atoms with E-state index in [0.717, 1.165) is 42.7 Å². The predicted octanol–water partition coefficient (Wildman–Crippen LogP) is 3.68. The molecular weight excluding hydrogens is 284 g/mol. The summed E-state index contributed by atoms with van der Waals surface area (Å²) in [5, 5.41) is 9.78. The van der Waals surface area contributed by atoms with Crippen molar-refractivity contribution >= 4 is 15.9 Å². The van der Waals surface area contributed by atoms with E-state index in [1.807, 2.05) is 13.8 Å². The lowest BCUT2D eigenvalue weighted by molar-refractivity contribution is -0.106. The van der Waals surface area contributed by atoms with Gasteiger partial charge in [-0.15, -0.1) is 0 Å². The summed E-state index contributed by atoms with van der Waals surface area (Å²) in [6.07, 6.45) is 3.02. The van der Waals surface area contributed by atoms with Crippen LogP contribution in [0.2, 0.25) is 0 Å². The fourth-order valence-corrected chi connectivity index (χ4v) is 2.41. The average Bonchev–Trinajstić information content (AvgIpc) is 2.35. The van der Waals surface area contributed by atoms with Crippen molar-refractivity contribution in [3.05, 3.63) is 21.7 Å². The van der Waals surface area contributed by atoms with Crippen molar-refractivity contribution < 1.29 is 14.6 Å². The van der Waals surface area contributed by atoms with E-state index in [1.54, 1.807) is 6.07 Å². The molecule has 1 aliphatic heterocycles. The Balaban J connectivity index is 2.20. The molecule has 1 saturated heterocycles. The van der Waals surface area contributed by atoms with Crippen LogP contribution in [0.4, 0.5) is 0 Å². The van der Waals surface area contributed by atoms with Crippen LogP contribution in [-0.4, -0.2) is 18.0 Å². The Morgan fingerprint density at radius 3 is 2.76 bits per heavy atom. The zero-order valence-electron chi connectivity index (χ0n) is 10.1. The highest BCUT2D eigenvalue weighted by Crippen LogP contribution is 2.36. The molecule has 1 aromatic carbocycles. The maximum absolute atomic E-state index is 9.78. The van der Waals surface area contributed by atoms with Crippen LogP contribution in [-0.2, 0) is 4.74 Å². The van der Waals surface area contributed by atoms with E-state index in [-0.39, 0.29) is 12.0 Å². The number of hydrogen-bond acceptors (Lipinski definition) is 3. The molecule has 0 bridgehead atoms. The van der Waals surface area contributed by atoms with Gasteiger partial charge in [-0.05, 0) is 59.8 Å². The maximum Gasteiger partial charge on any atom is 0.199 e. The fourth-order valence-electron chi connectivity index (χ4n) is 1.90. The van der Waals surface area contributed by atoms with Crippen LogP contribution in [0.25, 0.3) is 0 Å². The van der Waals surface area contributed by atoms with E-state index in [0.29, 0.717) is 4.47 Å². The monoisotopic (exact) mass is 300 g/mol. The van der Waals surface area contributed by atoms with Gasteiger partial charge < -0.3 is 14.6 Å². The average molecular weight is 301 g/mol. The van der Waals surface area contributed by atoms with E-state index in [1.165, 1.54) is 0 Å². The van der Waals surface area contributed by atoms with Crippen molar-refractivity contribution in [2.75, 3.05) is 6.61 Å². The number of benzene rings is 1. The summed E-state index contributed by atoms with van der Waals surface area (Å²) in [7, 11) is 0. The third-order valence-corrected chi connectivity index (χ3v) is 3.77. The van der Waals surface area contributed by atoms with Gasteiger partial charge in [-0.1, -0.05) is 0 Å². The van der Waals surface area contributed by atoms with Gasteiger partial charge in [0.15, 0.2) is 6.29 Å². The van der Waals surface area contributed by atoms with Crippen molar-refractivity contribution in [1.29, 1.82) is 0 Å². The first-order chi connectivity index (χ1) is 8.09. The molecule has 94 valence electrons. The predicted molar refractivity (Wildman–Crippen MR) is 69.5 cm³/mol. The minimum absolute atomic E-state index is 0.154. The van der Waals surface area contributed by atoms with Gasteiger partial charge >= 0.3 is 0 Å². The van der Waals surface area contributed by atoms with Crippen LogP contribution >= 0.6 is 15.9 Å². The summed E-state index contributed by atoms with van der Waals surface area (Å²) in [5.41, 5.74) is 1.80. The van der Waals surface area contributed by atoms with Crippen LogP contribution < -0.4 is 4.74 Å². The van der Waals surface area contributed by atoms with E-state index in [9.17, 15) is 5.11 Å². The molecule has 1 unspecified atom stereocenters. The highest BCUT2D eigenvalue weighted by molar-refractivity contribution is 9.10. The van der Waals surface area contributed by atoms with E-state index in [2.05, 4.69) is 15.9 Å². The summed E-state index contributed by atoms with van der Waals surface area (Å²) in [6.45, 7) is 4.59. The molecule has 1 heterocycles. The second-order valence-corrected chi connectivity index (χ2v) is 5.22. The summed E-state index contributed by atoms with van der Waals surface area (Å²) in [6, 6.07) is 1.80. The van der Waals surface area contributed by atoms with Gasteiger partial charge in [0.1, 0.15) is 11.5 Å². The van der Waals surface area contributed by atoms with Crippen molar-refractivity contribution in [3.8, 4) is 11.5 Å². The van der Waals surface area contributed by atoms with Crippen molar-refractivity contribution in [3.63, 3.8) is 0 Å². The van der Waals surface area contributed by atoms with Gasteiger partial charge in [-0.25, -0.2) is 0 Å². The number of rotatable bonds is 2. The number of hydrogen-bond donors (Lipinski definition) is 1. The zero-order valence-corrected chi connectivity index (χ0v) is 11.7. The lowest BCUT2D eigenvalue weighted by atomic mass is 10.1. The zero-order chi connectivity index (χ0) is 12.4. The Morgan fingerprint density at radius 2 is 2.12 bits per heavy atom. The molecule has 3 nitrogen and oxygen atoms in total. The third-order valence-electron chi connectivity index (χ3n) is 3.17. The largest absolute Gasteiger partial charge is 0.506 e. The Labute approximate surface area is 110 Å². The van der Waals surface area contributed by atoms with Gasteiger partial charge in [0, 0.05) is 6.42 Å². The van der Waals surface area contributed by atoms with E-state index in [4.69, 9.17) is 9.47 Å². The highest BCUT2D eigenvalue weighted by Gasteiger charge is 2.18. The summed E-state index contributed by atoms with van der Waals surface area (Å²) in [4.78, 5) is 0. The van der Waals surface area contributed by atoms with Gasteiger partial charge in [0.05, 0.1) is 11.1 Å². The van der Waals surface area contributed by atoms with Crippen molar-refractivity contribution in [2.45, 2.75) is 39.4 Å². The third kappa shape index (κ3) is 2.75. The lowest BCUT2D eigenvalue weighted by Crippen LogP contribution is -2.25. The second-order valence-electron chi connectivity index (χ2n) is 4.37. The Hall–Kier alpha value is -0.740. The molecule has 1 aliphatic rings. The number of aromatic hydroxyl groups is 1. The first kappa shape index (κ1) is 12.7. The molecule has 1 atom stereocenters. The Kier molecular flexibility index (Phi) is 3.94. The quantitative estimate of drug-likeness (QED) is 0.905. The maximum atomic E-state index is 9.78. The minimum atomic E-state index is -0.154. The number of phenolic OH excluding ortho intramolecular Hbond substituents is 1. The highest BCUT2D eigenvalue weighted by atomic mass is 79.9. The van der Waals surface area contributed by atoms with Crippen LogP contribution in [0.1, 0.15) is 30.4 Å². The second kappa shape index (κ2) is 5.27. The summed E-state index contributed by atoms with van der Waals surface area (Å²) >= 11 is 3.33. The molecule has 0 radical (unpaired) electrons. The topological polar surface area (TPSA) is 38.7 Å². The SMILES string of the molecule is Cc1c(OC2CCCCO2)cc(Br)c(O)c1C. The smallest absolute Gasteiger partial charge is 0.199 e. The van der Waals surface area contributed by atoms with Crippen molar-refractivity contribution in [2.24, 2.45) is 0 Å². The van der Waals surface area contributed by atoms with Gasteiger partial charge in [-0.2, -0.15) is 0 Å². The first-order valence-corrected chi connectivity index (χ1v) is 6.66. The molecule has 1 fully saturated rings. The molecule has 0 aliphatic carbocycles. The molecule has 0 saturated carbocycles. The molecular formula is C13H17BrO3. The summed E-state index contributed by atoms with van der Waals surface area (Å²) in [5.74, 6) is 1.05. The number of phenols is 1. The van der Waals surface area contributed by atoms with Gasteiger partial charge in [0.2, 0.25) is 0 Å². The Bertz CT molecular complexity index is 412. The van der Waals surface area contributed by atoms with Crippen LogP contribution in [0.5, 0.6) is 11.5 Å². The minimum Gasteiger partial charge on any atom is -0.506 e. The molecule has 2 rings (SSSR count). The van der Waals surface area contributed by atoms with Gasteiger partial charge in [-0.3, -0.25) is 0 Å². The van der Waals surface area contributed by atoms with Gasteiger partial charge in [0.25, 0.3) is 0 Å². The molecule has 1 N–H and O–H groups in total. The normalized spacial score (nSPS) is 20.3. The fraction of sp³-hybridized carbons (Fsp3) is 0.538. The molecule has 17 heavy (non-hydrogen) atoms. The van der Waals surface area contributed by atoms with Crippen LogP contribution in [0.15, 0.2) is 10.5 Å². The molecule has 1 aromatic rings. The lowest BCUT2D eigenvalue weighted by Gasteiger charge is -2.25. The number of halogens is 1. The standard InChI is InChI=1S/C13H17BrO3/c1-8-9(2)13(15)10(14)7-11(8)17-12-5-3-4-6-16-12/h7,12,15H,3-6H2,1-2H3. The van der Waals surface area contributed by atoms with Crippen LogP contribution in [0.3, 0.4) is 0 Å². The van der Waals surface area contributed by atoms with Crippen molar-refractivity contribution in [1.82, 2.24) is 0 Å². The summed E-state index contributed by atoms with van der Waals surface area (Å²) < 4.78 is 12.0. The Morgan fingerprint density at radius 1 is 1.35 bits per heavy atom.